The van der Waals surface area contributed by atoms with Gasteiger partial charge in [-0.25, -0.2) is 14.8 Å². The number of rotatable bonds is 3. The monoisotopic (exact) mass is 277 g/mol. The van der Waals surface area contributed by atoms with Crippen LogP contribution in [0, 0.1) is 0 Å². The number of aromatic nitrogens is 2. The van der Waals surface area contributed by atoms with E-state index in [0.717, 1.165) is 5.69 Å². The van der Waals surface area contributed by atoms with Gasteiger partial charge in [-0.2, -0.15) is 11.3 Å². The number of nitrogens with one attached hydrogen (secondary N) is 1. The van der Waals surface area contributed by atoms with E-state index in [1.807, 2.05) is 16.8 Å². The van der Waals surface area contributed by atoms with E-state index in [-0.39, 0.29) is 5.82 Å². The van der Waals surface area contributed by atoms with Crippen molar-refractivity contribution in [1.29, 1.82) is 0 Å². The van der Waals surface area contributed by atoms with Crippen LogP contribution in [0.2, 0.25) is 0 Å². The molecule has 0 saturated carbocycles. The molecule has 0 saturated heterocycles. The molecule has 2 aromatic heterocycles. The molecule has 0 radical (unpaired) electrons. The number of thiophene rings is 1. The molecule has 0 amide bonds. The topological polar surface area (TPSA) is 64.1 Å². The fourth-order valence-corrected chi connectivity index (χ4v) is 1.92. The molecule has 6 heteroatoms. The Morgan fingerprint density at radius 1 is 1.37 bits per heavy atom. The molecule has 0 bridgehead atoms. The summed E-state index contributed by atoms with van der Waals surface area (Å²) in [5.74, 6) is 0.0888. The Hall–Kier alpha value is -1.95. The molecule has 0 unspecified atom stereocenters. The van der Waals surface area contributed by atoms with Crippen LogP contribution in [0.15, 0.2) is 29.1 Å². The first-order valence-corrected chi connectivity index (χ1v) is 6.74. The predicted octanol–water partition coefficient (Wildman–Crippen LogP) is 3.24. The van der Waals surface area contributed by atoms with Gasteiger partial charge in [-0.05, 0) is 38.3 Å². The highest BCUT2D eigenvalue weighted by Crippen LogP contribution is 2.17. The second-order valence-electron chi connectivity index (χ2n) is 4.90. The maximum atomic E-state index is 11.8. The molecule has 0 atom stereocenters. The molecule has 19 heavy (non-hydrogen) atoms. The fourth-order valence-electron chi connectivity index (χ4n) is 1.33. The molecule has 0 fully saturated rings. The van der Waals surface area contributed by atoms with Crippen molar-refractivity contribution in [2.45, 2.75) is 26.4 Å². The lowest BCUT2D eigenvalue weighted by atomic mass is 10.2. The fraction of sp³-hybridized carbons (Fsp3) is 0.308. The van der Waals surface area contributed by atoms with Crippen molar-refractivity contribution in [3.05, 3.63) is 34.9 Å². The van der Waals surface area contributed by atoms with Crippen molar-refractivity contribution in [1.82, 2.24) is 9.97 Å². The zero-order chi connectivity index (χ0) is 13.9. The summed E-state index contributed by atoms with van der Waals surface area (Å²) in [7, 11) is 0. The molecule has 0 aliphatic rings. The van der Waals surface area contributed by atoms with Gasteiger partial charge in [0.1, 0.15) is 11.4 Å². The molecular weight excluding hydrogens is 262 g/mol. The van der Waals surface area contributed by atoms with Gasteiger partial charge >= 0.3 is 5.97 Å². The Morgan fingerprint density at radius 2 is 2.16 bits per heavy atom. The van der Waals surface area contributed by atoms with Crippen LogP contribution in [0.4, 0.5) is 11.5 Å². The lowest BCUT2D eigenvalue weighted by Gasteiger charge is -2.18. The van der Waals surface area contributed by atoms with E-state index in [9.17, 15) is 4.79 Å². The van der Waals surface area contributed by atoms with E-state index in [1.54, 1.807) is 38.2 Å². The number of carbonyl (C=O) groups is 1. The highest BCUT2D eigenvalue weighted by molar-refractivity contribution is 7.08. The SMILES string of the molecule is CC(C)(C)OC(=O)c1nccc(Nc2ccsc2)n1. The molecular formula is C13H15N3O2S. The van der Waals surface area contributed by atoms with Crippen LogP contribution in [0.3, 0.4) is 0 Å². The predicted molar refractivity (Wildman–Crippen MR) is 74.8 cm³/mol. The Bertz CT molecular complexity index is 562. The van der Waals surface area contributed by atoms with Crippen LogP contribution in [0.25, 0.3) is 0 Å². The molecule has 2 heterocycles. The van der Waals surface area contributed by atoms with Gasteiger partial charge in [0.15, 0.2) is 0 Å². The number of ether oxygens (including phenoxy) is 1. The first-order chi connectivity index (χ1) is 8.94. The van der Waals surface area contributed by atoms with Gasteiger partial charge in [0.05, 0.1) is 5.69 Å². The zero-order valence-electron chi connectivity index (χ0n) is 11.0. The first kappa shape index (κ1) is 13.5. The van der Waals surface area contributed by atoms with Crippen molar-refractivity contribution in [2.24, 2.45) is 0 Å². The third kappa shape index (κ3) is 4.03. The van der Waals surface area contributed by atoms with Gasteiger partial charge in [0, 0.05) is 11.6 Å². The molecule has 100 valence electrons. The minimum absolute atomic E-state index is 0.0511. The van der Waals surface area contributed by atoms with E-state index in [4.69, 9.17) is 4.74 Å². The first-order valence-electron chi connectivity index (χ1n) is 5.80. The van der Waals surface area contributed by atoms with Gasteiger partial charge in [0.2, 0.25) is 5.82 Å². The van der Waals surface area contributed by atoms with E-state index in [1.165, 1.54) is 6.20 Å². The normalized spacial score (nSPS) is 11.1. The summed E-state index contributed by atoms with van der Waals surface area (Å²) in [5, 5.41) is 7.00. The van der Waals surface area contributed by atoms with Crippen molar-refractivity contribution < 1.29 is 9.53 Å². The van der Waals surface area contributed by atoms with Crippen LogP contribution >= 0.6 is 11.3 Å². The van der Waals surface area contributed by atoms with Gasteiger partial charge in [0.25, 0.3) is 0 Å². The molecule has 0 aliphatic heterocycles. The van der Waals surface area contributed by atoms with E-state index < -0.39 is 11.6 Å². The lowest BCUT2D eigenvalue weighted by molar-refractivity contribution is 0.00557. The second kappa shape index (κ2) is 5.36. The highest BCUT2D eigenvalue weighted by atomic mass is 32.1. The molecule has 0 aliphatic carbocycles. The maximum Gasteiger partial charge on any atom is 0.376 e. The largest absolute Gasteiger partial charge is 0.454 e. The van der Waals surface area contributed by atoms with Gasteiger partial charge < -0.3 is 10.1 Å². The number of carbonyl (C=O) groups excluding carboxylic acids is 1. The van der Waals surface area contributed by atoms with Crippen LogP contribution in [-0.2, 0) is 4.74 Å². The summed E-state index contributed by atoms with van der Waals surface area (Å²) in [4.78, 5) is 19.9. The molecule has 0 spiro atoms. The summed E-state index contributed by atoms with van der Waals surface area (Å²) < 4.78 is 5.22. The quantitative estimate of drug-likeness (QED) is 0.872. The maximum absolute atomic E-state index is 11.8. The molecule has 5 nitrogen and oxygen atoms in total. The molecule has 0 aromatic carbocycles. The molecule has 2 rings (SSSR count). The van der Waals surface area contributed by atoms with Crippen LogP contribution in [0.5, 0.6) is 0 Å². The Kier molecular flexibility index (Phi) is 3.80. The van der Waals surface area contributed by atoms with Crippen molar-refractivity contribution in [3.8, 4) is 0 Å². The number of hydrogen-bond donors (Lipinski definition) is 1. The van der Waals surface area contributed by atoms with Crippen LogP contribution in [0.1, 0.15) is 31.4 Å². The summed E-state index contributed by atoms with van der Waals surface area (Å²) in [6, 6.07) is 3.63. The number of anilines is 2. The number of esters is 1. The average molecular weight is 277 g/mol. The van der Waals surface area contributed by atoms with E-state index in [0.29, 0.717) is 5.82 Å². The van der Waals surface area contributed by atoms with Crippen molar-refractivity contribution >= 4 is 28.8 Å². The lowest BCUT2D eigenvalue weighted by Crippen LogP contribution is -2.25. The standard InChI is InChI=1S/C13H15N3O2S/c1-13(2,3)18-12(17)11-14-6-4-10(16-11)15-9-5-7-19-8-9/h4-8H,1-3H3,(H,14,15,16). The number of hydrogen-bond acceptors (Lipinski definition) is 6. The summed E-state index contributed by atoms with van der Waals surface area (Å²) in [6.45, 7) is 5.41. The third-order valence-corrected chi connectivity index (χ3v) is 2.71. The number of nitrogens with zero attached hydrogens (tertiary/aromatic N) is 2. The highest BCUT2D eigenvalue weighted by Gasteiger charge is 2.20. The smallest absolute Gasteiger partial charge is 0.376 e. The molecule has 2 aromatic rings. The summed E-state index contributed by atoms with van der Waals surface area (Å²) in [6.07, 6.45) is 1.53. The summed E-state index contributed by atoms with van der Waals surface area (Å²) >= 11 is 1.58. The van der Waals surface area contributed by atoms with E-state index in [2.05, 4.69) is 15.3 Å². The van der Waals surface area contributed by atoms with E-state index >= 15 is 0 Å². The van der Waals surface area contributed by atoms with Gasteiger partial charge in [-0.15, -0.1) is 0 Å². The molecule has 1 N–H and O–H groups in total. The van der Waals surface area contributed by atoms with Crippen LogP contribution in [-0.4, -0.2) is 21.5 Å². The minimum atomic E-state index is -0.558. The Morgan fingerprint density at radius 3 is 2.79 bits per heavy atom. The van der Waals surface area contributed by atoms with Crippen molar-refractivity contribution in [3.63, 3.8) is 0 Å². The Labute approximate surface area is 115 Å². The Balaban J connectivity index is 2.13. The van der Waals surface area contributed by atoms with Gasteiger partial charge in [-0.1, -0.05) is 0 Å². The summed E-state index contributed by atoms with van der Waals surface area (Å²) in [5.41, 5.74) is 0.371. The van der Waals surface area contributed by atoms with Crippen molar-refractivity contribution in [2.75, 3.05) is 5.32 Å². The average Bonchev–Trinajstić information content (AvgIpc) is 2.80. The zero-order valence-corrected chi connectivity index (χ0v) is 11.8. The minimum Gasteiger partial charge on any atom is -0.454 e. The van der Waals surface area contributed by atoms with Gasteiger partial charge in [-0.3, -0.25) is 0 Å². The van der Waals surface area contributed by atoms with Crippen LogP contribution < -0.4 is 5.32 Å². The third-order valence-electron chi connectivity index (χ3n) is 2.03. The second-order valence-corrected chi connectivity index (χ2v) is 5.68.